The van der Waals surface area contributed by atoms with Crippen molar-refractivity contribution in [1.29, 1.82) is 0 Å². The lowest BCUT2D eigenvalue weighted by Crippen LogP contribution is -2.33. The Hall–Kier alpha value is -2.11. The molecule has 0 radical (unpaired) electrons. The third kappa shape index (κ3) is 1.90. The number of amides is 2. The van der Waals surface area contributed by atoms with Crippen molar-refractivity contribution in [2.24, 2.45) is 23.7 Å². The summed E-state index contributed by atoms with van der Waals surface area (Å²) in [6.45, 7) is 1.97. The summed E-state index contributed by atoms with van der Waals surface area (Å²) in [5.41, 5.74) is 0.573. The smallest absolute Gasteiger partial charge is 0.274 e. The van der Waals surface area contributed by atoms with Gasteiger partial charge in [0.2, 0.25) is 11.8 Å². The number of anilines is 1. The zero-order chi connectivity index (χ0) is 16.5. The molecule has 0 unspecified atom stereocenters. The Bertz CT molecular complexity index is 735. The summed E-state index contributed by atoms with van der Waals surface area (Å²) >= 11 is 0. The highest BCUT2D eigenvalue weighted by Gasteiger charge is 2.60. The molecule has 3 aliphatic rings. The first-order valence-corrected chi connectivity index (χ1v) is 7.52. The number of rotatable bonds is 1. The van der Waals surface area contributed by atoms with Gasteiger partial charge in [0, 0.05) is 0 Å². The molecule has 2 amide bonds. The van der Waals surface area contributed by atoms with Crippen molar-refractivity contribution < 1.29 is 22.8 Å². The van der Waals surface area contributed by atoms with E-state index in [0.29, 0.717) is 0 Å². The lowest BCUT2D eigenvalue weighted by atomic mass is 9.82. The lowest BCUT2D eigenvalue weighted by Gasteiger charge is -2.19. The Kier molecular flexibility index (Phi) is 2.81. The predicted molar refractivity (Wildman–Crippen MR) is 76.3 cm³/mol. The molecule has 4 rings (SSSR count). The van der Waals surface area contributed by atoms with Gasteiger partial charge in [0.05, 0.1) is 23.1 Å². The average Bonchev–Trinajstić information content (AvgIpc) is 3.10. The van der Waals surface area contributed by atoms with Crippen molar-refractivity contribution >= 4 is 17.5 Å². The number of carbonyl (C=O) groups is 2. The molecule has 120 valence electrons. The predicted octanol–water partition coefficient (Wildman–Crippen LogP) is 3.41. The van der Waals surface area contributed by atoms with Crippen molar-refractivity contribution in [2.45, 2.75) is 19.5 Å². The number of alkyl halides is 3. The molecule has 4 atom stereocenters. The molecular weight excluding hydrogens is 307 g/mol. The molecular formula is C17H14F3NO2. The van der Waals surface area contributed by atoms with Gasteiger partial charge in [-0.1, -0.05) is 11.6 Å². The van der Waals surface area contributed by atoms with E-state index >= 15 is 0 Å². The van der Waals surface area contributed by atoms with E-state index in [1.807, 2.05) is 6.92 Å². The number of nitrogens with zero attached hydrogens (tertiary/aromatic N) is 1. The van der Waals surface area contributed by atoms with Gasteiger partial charge >= 0.3 is 6.18 Å². The number of imide groups is 1. The van der Waals surface area contributed by atoms with E-state index in [9.17, 15) is 22.8 Å². The van der Waals surface area contributed by atoms with Crippen LogP contribution in [0.3, 0.4) is 0 Å². The molecule has 1 saturated carbocycles. The van der Waals surface area contributed by atoms with Gasteiger partial charge in [0.15, 0.2) is 0 Å². The van der Waals surface area contributed by atoms with Gasteiger partial charge in [-0.15, -0.1) is 0 Å². The molecule has 6 heteroatoms. The van der Waals surface area contributed by atoms with E-state index in [-0.39, 0.29) is 41.2 Å². The quantitative estimate of drug-likeness (QED) is 0.587. The molecule has 0 spiro atoms. The Morgan fingerprint density at radius 2 is 1.65 bits per heavy atom. The number of halogens is 3. The van der Waals surface area contributed by atoms with E-state index in [1.165, 1.54) is 12.1 Å². The van der Waals surface area contributed by atoms with E-state index in [4.69, 9.17) is 0 Å². The highest BCUT2D eigenvalue weighted by molar-refractivity contribution is 6.22. The number of benzene rings is 1. The third-order valence-electron chi connectivity index (χ3n) is 5.33. The fourth-order valence-corrected chi connectivity index (χ4v) is 4.33. The van der Waals surface area contributed by atoms with Crippen molar-refractivity contribution in [3.05, 3.63) is 41.5 Å². The van der Waals surface area contributed by atoms with Gasteiger partial charge in [0.25, 0.3) is 0 Å². The fourth-order valence-electron chi connectivity index (χ4n) is 4.33. The maximum atomic E-state index is 12.7. The number of allylic oxidation sites excluding steroid dienone is 2. The number of fused-ring (bicyclic) bond motifs is 5. The zero-order valence-corrected chi connectivity index (χ0v) is 12.3. The van der Waals surface area contributed by atoms with Crippen molar-refractivity contribution in [1.82, 2.24) is 0 Å². The Balaban J connectivity index is 1.67. The fraction of sp³-hybridized carbons (Fsp3) is 0.412. The minimum Gasteiger partial charge on any atom is -0.274 e. The minimum atomic E-state index is -4.44. The number of hydrogen-bond donors (Lipinski definition) is 0. The van der Waals surface area contributed by atoms with Gasteiger partial charge in [-0.2, -0.15) is 13.2 Å². The number of carbonyl (C=O) groups excluding carboxylic acids is 2. The second-order valence-corrected chi connectivity index (χ2v) is 6.52. The lowest BCUT2D eigenvalue weighted by molar-refractivity contribution is -0.137. The highest BCUT2D eigenvalue weighted by atomic mass is 19.4. The Morgan fingerprint density at radius 1 is 1.04 bits per heavy atom. The minimum absolute atomic E-state index is 0.0842. The standard InChI is InChI=1S/C17H14F3NO2/c1-8-6-9-7-12(8)14-13(9)15(22)21(16(14)23)11-4-2-10(3-5-11)17(18,19)20/h2-6,9,12-14H,7H2,1H3/t9-,12+,13-,14+/m0/s1. The van der Waals surface area contributed by atoms with E-state index in [1.54, 1.807) is 0 Å². The molecule has 2 aliphatic carbocycles. The largest absolute Gasteiger partial charge is 0.416 e. The molecule has 23 heavy (non-hydrogen) atoms. The van der Waals surface area contributed by atoms with Crippen LogP contribution in [-0.4, -0.2) is 11.8 Å². The second kappa shape index (κ2) is 4.46. The van der Waals surface area contributed by atoms with E-state index < -0.39 is 11.7 Å². The van der Waals surface area contributed by atoms with Crippen LogP contribution in [0, 0.1) is 23.7 Å². The molecule has 0 N–H and O–H groups in total. The maximum Gasteiger partial charge on any atom is 0.416 e. The molecule has 1 aliphatic heterocycles. The molecule has 1 aromatic rings. The Labute approximate surface area is 130 Å². The van der Waals surface area contributed by atoms with Crippen LogP contribution in [0.25, 0.3) is 0 Å². The van der Waals surface area contributed by atoms with Crippen LogP contribution in [-0.2, 0) is 15.8 Å². The summed E-state index contributed by atoms with van der Waals surface area (Å²) in [5.74, 6) is -1.07. The normalized spacial score (nSPS) is 32.5. The summed E-state index contributed by atoms with van der Waals surface area (Å²) in [7, 11) is 0. The number of hydrogen-bond acceptors (Lipinski definition) is 2. The molecule has 2 bridgehead atoms. The van der Waals surface area contributed by atoms with Crippen LogP contribution in [0.2, 0.25) is 0 Å². The summed E-state index contributed by atoms with van der Waals surface area (Å²) < 4.78 is 37.9. The second-order valence-electron chi connectivity index (χ2n) is 6.52. The first kappa shape index (κ1) is 14.5. The van der Waals surface area contributed by atoms with Gasteiger partial charge < -0.3 is 0 Å². The molecule has 3 nitrogen and oxygen atoms in total. The monoisotopic (exact) mass is 321 g/mol. The van der Waals surface area contributed by atoms with Crippen LogP contribution >= 0.6 is 0 Å². The van der Waals surface area contributed by atoms with Gasteiger partial charge in [0.1, 0.15) is 0 Å². The Morgan fingerprint density at radius 3 is 2.26 bits per heavy atom. The van der Waals surface area contributed by atoms with Crippen molar-refractivity contribution in [3.63, 3.8) is 0 Å². The first-order chi connectivity index (χ1) is 10.8. The van der Waals surface area contributed by atoms with E-state index in [0.717, 1.165) is 29.0 Å². The average molecular weight is 321 g/mol. The van der Waals surface area contributed by atoms with Crippen LogP contribution in [0.4, 0.5) is 18.9 Å². The topological polar surface area (TPSA) is 37.4 Å². The molecule has 2 fully saturated rings. The van der Waals surface area contributed by atoms with E-state index in [2.05, 4.69) is 6.08 Å². The SMILES string of the molecule is CC1=C[C@H]2C[C@H]1[C@H]1C(=O)N(c3ccc(C(F)(F)F)cc3)C(=O)[C@H]12. The molecule has 1 aromatic carbocycles. The molecule has 1 heterocycles. The summed E-state index contributed by atoms with van der Waals surface area (Å²) in [4.78, 5) is 26.4. The van der Waals surface area contributed by atoms with Gasteiger partial charge in [-0.3, -0.25) is 14.5 Å². The van der Waals surface area contributed by atoms with Crippen molar-refractivity contribution in [3.8, 4) is 0 Å². The summed E-state index contributed by atoms with van der Waals surface area (Å²) in [5, 5.41) is 0. The first-order valence-electron chi connectivity index (χ1n) is 7.52. The van der Waals surface area contributed by atoms with Crippen LogP contribution in [0.15, 0.2) is 35.9 Å². The third-order valence-corrected chi connectivity index (χ3v) is 5.33. The molecule has 1 saturated heterocycles. The zero-order valence-electron chi connectivity index (χ0n) is 12.3. The van der Waals surface area contributed by atoms with Gasteiger partial charge in [-0.05, 0) is 49.4 Å². The van der Waals surface area contributed by atoms with Crippen molar-refractivity contribution in [2.75, 3.05) is 4.90 Å². The highest BCUT2D eigenvalue weighted by Crippen LogP contribution is 2.55. The summed E-state index contributed by atoms with van der Waals surface area (Å²) in [6.07, 6.45) is -1.54. The van der Waals surface area contributed by atoms with Crippen LogP contribution < -0.4 is 4.90 Å². The maximum absolute atomic E-state index is 12.7. The summed E-state index contributed by atoms with van der Waals surface area (Å²) in [6, 6.07) is 4.20. The molecule has 0 aromatic heterocycles. The van der Waals surface area contributed by atoms with Gasteiger partial charge in [-0.25, -0.2) is 0 Å². The van der Waals surface area contributed by atoms with Crippen LogP contribution in [0.1, 0.15) is 18.9 Å². The van der Waals surface area contributed by atoms with Crippen LogP contribution in [0.5, 0.6) is 0 Å².